The lowest BCUT2D eigenvalue weighted by molar-refractivity contribution is -0.132. The van der Waals surface area contributed by atoms with Crippen molar-refractivity contribution in [1.29, 1.82) is 0 Å². The lowest BCUT2D eigenvalue weighted by Crippen LogP contribution is -2.44. The maximum absolute atomic E-state index is 13.5. The van der Waals surface area contributed by atoms with Crippen molar-refractivity contribution < 1.29 is 23.1 Å². The lowest BCUT2D eigenvalue weighted by atomic mass is 10.1. The maximum Gasteiger partial charge on any atom is 0.261 e. The minimum atomic E-state index is -1.20. The van der Waals surface area contributed by atoms with E-state index >= 15 is 0 Å². The van der Waals surface area contributed by atoms with Crippen molar-refractivity contribution in [2.45, 2.75) is 26.0 Å². The van der Waals surface area contributed by atoms with Crippen molar-refractivity contribution in [2.24, 2.45) is 0 Å². The number of rotatable bonds is 6. The summed E-state index contributed by atoms with van der Waals surface area (Å²) in [5.74, 6) is -2.87. The maximum atomic E-state index is 13.5. The van der Waals surface area contributed by atoms with Crippen molar-refractivity contribution in [3.63, 3.8) is 0 Å². The molecule has 0 aliphatic heterocycles. The number of hydrogen-bond donors (Lipinski definition) is 2. The summed E-state index contributed by atoms with van der Waals surface area (Å²) in [6, 6.07) is 6.74. The predicted molar refractivity (Wildman–Crippen MR) is 97.6 cm³/mol. The van der Waals surface area contributed by atoms with Gasteiger partial charge >= 0.3 is 0 Å². The molecule has 0 heterocycles. The van der Waals surface area contributed by atoms with Crippen LogP contribution in [0.15, 0.2) is 36.4 Å². The molecule has 5 nitrogen and oxygen atoms in total. The molecule has 0 aliphatic carbocycles. The van der Waals surface area contributed by atoms with Gasteiger partial charge in [-0.25, -0.2) is 8.78 Å². The van der Waals surface area contributed by atoms with Gasteiger partial charge in [-0.05, 0) is 55.3 Å². The zero-order chi connectivity index (χ0) is 20.1. The topological polar surface area (TPSA) is 67.4 Å². The number of aryl methyl sites for hydroxylation is 1. The highest BCUT2D eigenvalue weighted by molar-refractivity contribution is 6.30. The van der Waals surface area contributed by atoms with Crippen LogP contribution < -0.4 is 15.4 Å². The monoisotopic (exact) mass is 396 g/mol. The zero-order valence-corrected chi connectivity index (χ0v) is 15.7. The third-order valence-electron chi connectivity index (χ3n) is 3.88. The highest BCUT2D eigenvalue weighted by Gasteiger charge is 2.26. The van der Waals surface area contributed by atoms with E-state index in [0.29, 0.717) is 10.8 Å². The van der Waals surface area contributed by atoms with Crippen molar-refractivity contribution >= 4 is 23.4 Å². The van der Waals surface area contributed by atoms with Crippen LogP contribution in [0, 0.1) is 18.6 Å². The summed E-state index contributed by atoms with van der Waals surface area (Å²) >= 11 is 5.89. The molecule has 0 bridgehead atoms. The normalized spacial score (nSPS) is 12.8. The van der Waals surface area contributed by atoms with Gasteiger partial charge in [0.15, 0.2) is 17.7 Å². The Kier molecular flexibility index (Phi) is 6.74. The second-order valence-corrected chi connectivity index (χ2v) is 6.34. The van der Waals surface area contributed by atoms with Crippen molar-refractivity contribution in [2.75, 3.05) is 7.05 Å². The van der Waals surface area contributed by atoms with Gasteiger partial charge in [0.25, 0.3) is 5.91 Å². The Morgan fingerprint density at radius 3 is 2.37 bits per heavy atom. The Balaban J connectivity index is 2.17. The first-order valence-corrected chi connectivity index (χ1v) is 8.50. The lowest BCUT2D eigenvalue weighted by Gasteiger charge is -2.21. The fourth-order valence-corrected chi connectivity index (χ4v) is 2.61. The first-order chi connectivity index (χ1) is 12.7. The molecule has 2 N–H and O–H groups in total. The van der Waals surface area contributed by atoms with E-state index in [1.165, 1.54) is 20.0 Å². The van der Waals surface area contributed by atoms with Gasteiger partial charge in [-0.3, -0.25) is 9.59 Å². The smallest absolute Gasteiger partial charge is 0.261 e. The van der Waals surface area contributed by atoms with Gasteiger partial charge < -0.3 is 15.4 Å². The fraction of sp³-hybridized carbons (Fsp3) is 0.263. The molecule has 0 spiro atoms. The van der Waals surface area contributed by atoms with Crippen LogP contribution in [0.1, 0.15) is 24.1 Å². The number of carbonyl (C=O) groups is 2. The zero-order valence-electron chi connectivity index (χ0n) is 15.0. The third-order valence-corrected chi connectivity index (χ3v) is 4.12. The summed E-state index contributed by atoms with van der Waals surface area (Å²) in [5, 5.41) is 5.41. The Bertz CT molecular complexity index is 861. The molecule has 0 fully saturated rings. The summed E-state index contributed by atoms with van der Waals surface area (Å²) in [5.41, 5.74) is 0.849. The standard InChI is InChI=1S/C19H19ClF2N2O3/c1-10-8-13(20)5-7-16(10)27-11(2)18(25)24-17(19(26)23-3)12-4-6-14(21)15(22)9-12/h4-9,11,17H,1-3H3,(H,23,26)(H,24,25). The van der Waals surface area contributed by atoms with Crippen LogP contribution in [0.3, 0.4) is 0 Å². The molecular weight excluding hydrogens is 378 g/mol. The molecule has 2 rings (SSSR count). The van der Waals surface area contributed by atoms with Crippen molar-refractivity contribution in [1.82, 2.24) is 10.6 Å². The number of amides is 2. The van der Waals surface area contributed by atoms with E-state index in [2.05, 4.69) is 10.6 Å². The molecule has 27 heavy (non-hydrogen) atoms. The molecule has 2 aromatic rings. The number of nitrogens with one attached hydrogen (secondary N) is 2. The molecule has 0 saturated carbocycles. The number of likely N-dealkylation sites (N-methyl/N-ethyl adjacent to an activating group) is 1. The summed E-state index contributed by atoms with van der Waals surface area (Å²) < 4.78 is 32.3. The summed E-state index contributed by atoms with van der Waals surface area (Å²) in [6.07, 6.45) is -0.942. The van der Waals surface area contributed by atoms with E-state index in [9.17, 15) is 18.4 Å². The Morgan fingerprint density at radius 1 is 1.07 bits per heavy atom. The minimum Gasteiger partial charge on any atom is -0.481 e. The molecule has 0 aromatic heterocycles. The van der Waals surface area contributed by atoms with Gasteiger partial charge in [-0.15, -0.1) is 0 Å². The molecule has 8 heteroatoms. The van der Waals surface area contributed by atoms with Crippen LogP contribution in [0.5, 0.6) is 5.75 Å². The van der Waals surface area contributed by atoms with Gasteiger partial charge in [0, 0.05) is 12.1 Å². The number of carbonyl (C=O) groups excluding carboxylic acids is 2. The Labute approximate surface area is 160 Å². The highest BCUT2D eigenvalue weighted by atomic mass is 35.5. The number of hydrogen-bond acceptors (Lipinski definition) is 3. The van der Waals surface area contributed by atoms with Gasteiger partial charge in [-0.2, -0.15) is 0 Å². The predicted octanol–water partition coefficient (Wildman–Crippen LogP) is 3.30. The van der Waals surface area contributed by atoms with E-state index in [1.807, 2.05) is 0 Å². The van der Waals surface area contributed by atoms with E-state index in [0.717, 1.165) is 17.7 Å². The summed E-state index contributed by atoms with van der Waals surface area (Å²) in [4.78, 5) is 24.6. The van der Waals surface area contributed by atoms with Crippen LogP contribution in [0.25, 0.3) is 0 Å². The summed E-state index contributed by atoms with van der Waals surface area (Å²) in [6.45, 7) is 3.29. The van der Waals surface area contributed by atoms with Gasteiger partial charge in [0.05, 0.1) is 0 Å². The van der Waals surface area contributed by atoms with Gasteiger partial charge in [0.1, 0.15) is 11.8 Å². The molecule has 0 aliphatic rings. The Morgan fingerprint density at radius 2 is 1.78 bits per heavy atom. The van der Waals surface area contributed by atoms with Crippen LogP contribution in [0.4, 0.5) is 8.78 Å². The van der Waals surface area contributed by atoms with E-state index in [4.69, 9.17) is 16.3 Å². The van der Waals surface area contributed by atoms with Crippen LogP contribution >= 0.6 is 11.6 Å². The van der Waals surface area contributed by atoms with Gasteiger partial charge in [0.2, 0.25) is 5.91 Å². The molecule has 144 valence electrons. The van der Waals surface area contributed by atoms with E-state index < -0.39 is 35.6 Å². The van der Waals surface area contributed by atoms with Crippen LogP contribution in [-0.4, -0.2) is 25.0 Å². The first kappa shape index (κ1) is 20.6. The second kappa shape index (κ2) is 8.81. The van der Waals surface area contributed by atoms with Crippen molar-refractivity contribution in [3.8, 4) is 5.75 Å². The average Bonchev–Trinajstić information content (AvgIpc) is 2.63. The Hall–Kier alpha value is -2.67. The molecular formula is C19H19ClF2N2O3. The van der Waals surface area contributed by atoms with Crippen LogP contribution in [0.2, 0.25) is 5.02 Å². The van der Waals surface area contributed by atoms with E-state index in [1.54, 1.807) is 25.1 Å². The number of ether oxygens (including phenoxy) is 1. The fourth-order valence-electron chi connectivity index (χ4n) is 2.39. The van der Waals surface area contributed by atoms with Crippen molar-refractivity contribution in [3.05, 3.63) is 64.2 Å². The molecule has 0 saturated heterocycles. The second-order valence-electron chi connectivity index (χ2n) is 5.90. The quantitative estimate of drug-likeness (QED) is 0.787. The first-order valence-electron chi connectivity index (χ1n) is 8.12. The summed E-state index contributed by atoms with van der Waals surface area (Å²) in [7, 11) is 1.37. The van der Waals surface area contributed by atoms with Crippen LogP contribution in [-0.2, 0) is 9.59 Å². The molecule has 2 unspecified atom stereocenters. The third kappa shape index (κ3) is 5.17. The highest BCUT2D eigenvalue weighted by Crippen LogP contribution is 2.23. The molecule has 2 amide bonds. The minimum absolute atomic E-state index is 0.108. The SMILES string of the molecule is CNC(=O)C(NC(=O)C(C)Oc1ccc(Cl)cc1C)c1ccc(F)c(F)c1. The van der Waals surface area contributed by atoms with Gasteiger partial charge in [-0.1, -0.05) is 17.7 Å². The molecule has 0 radical (unpaired) electrons. The number of halogens is 3. The van der Waals surface area contributed by atoms with E-state index in [-0.39, 0.29) is 5.56 Å². The average molecular weight is 397 g/mol. The largest absolute Gasteiger partial charge is 0.481 e. The molecule has 2 atom stereocenters. The number of benzene rings is 2. The molecule has 2 aromatic carbocycles.